The van der Waals surface area contributed by atoms with Crippen molar-refractivity contribution in [2.75, 3.05) is 11.1 Å². The lowest BCUT2D eigenvalue weighted by atomic mass is 10.2. The summed E-state index contributed by atoms with van der Waals surface area (Å²) in [5.74, 6) is -1.56. The van der Waals surface area contributed by atoms with Gasteiger partial charge in [0, 0.05) is 21.8 Å². The van der Waals surface area contributed by atoms with Crippen LogP contribution < -0.4 is 11.1 Å². The van der Waals surface area contributed by atoms with E-state index in [-0.39, 0.29) is 5.56 Å². The number of halogens is 2. The lowest BCUT2D eigenvalue weighted by Gasteiger charge is -2.08. The van der Waals surface area contributed by atoms with Crippen LogP contribution in [0.25, 0.3) is 0 Å². The number of hydrogen-bond acceptors (Lipinski definition) is 4. The van der Waals surface area contributed by atoms with E-state index in [1.165, 1.54) is 24.3 Å². The summed E-state index contributed by atoms with van der Waals surface area (Å²) in [7, 11) is 0. The highest BCUT2D eigenvalue weighted by Crippen LogP contribution is 2.28. The minimum atomic E-state index is -0.882. The van der Waals surface area contributed by atoms with Crippen molar-refractivity contribution in [2.24, 2.45) is 0 Å². The molecule has 0 saturated heterocycles. The van der Waals surface area contributed by atoms with Gasteiger partial charge in [-0.3, -0.25) is 14.9 Å². The van der Waals surface area contributed by atoms with E-state index in [4.69, 9.17) is 5.73 Å². The van der Waals surface area contributed by atoms with Crippen molar-refractivity contribution in [1.29, 1.82) is 0 Å². The average molecular weight is 354 g/mol. The fraction of sp³-hybridized carbons (Fsp3) is 0. The van der Waals surface area contributed by atoms with E-state index in [0.29, 0.717) is 10.2 Å². The summed E-state index contributed by atoms with van der Waals surface area (Å²) in [5.41, 5.74) is 5.24. The van der Waals surface area contributed by atoms with Crippen LogP contribution in [0.4, 0.5) is 21.5 Å². The van der Waals surface area contributed by atoms with Crippen molar-refractivity contribution < 1.29 is 14.1 Å². The maximum Gasteiger partial charge on any atom is 0.295 e. The van der Waals surface area contributed by atoms with Crippen LogP contribution in [-0.4, -0.2) is 10.8 Å². The molecule has 1 amide bonds. The summed E-state index contributed by atoms with van der Waals surface area (Å²) >= 11 is 3.16. The second kappa shape index (κ2) is 5.88. The molecule has 6 nitrogen and oxygen atoms in total. The molecular formula is C13H9BrFN3O3. The van der Waals surface area contributed by atoms with E-state index < -0.39 is 28.0 Å². The number of nitrogens with one attached hydrogen (secondary N) is 1. The van der Waals surface area contributed by atoms with E-state index in [1.54, 1.807) is 0 Å². The van der Waals surface area contributed by atoms with Gasteiger partial charge in [0.1, 0.15) is 0 Å². The van der Waals surface area contributed by atoms with Gasteiger partial charge in [-0.25, -0.2) is 4.39 Å². The fourth-order valence-electron chi connectivity index (χ4n) is 1.64. The predicted molar refractivity (Wildman–Crippen MR) is 79.6 cm³/mol. The molecule has 21 heavy (non-hydrogen) atoms. The lowest BCUT2D eigenvalue weighted by Crippen LogP contribution is -2.14. The van der Waals surface area contributed by atoms with E-state index in [1.807, 2.05) is 0 Å². The number of carbonyl (C=O) groups excluding carboxylic acids is 1. The maximum atomic E-state index is 13.7. The van der Waals surface area contributed by atoms with Crippen LogP contribution in [0.1, 0.15) is 10.4 Å². The fourth-order valence-corrected chi connectivity index (χ4v) is 2.02. The van der Waals surface area contributed by atoms with Crippen molar-refractivity contribution in [1.82, 2.24) is 0 Å². The van der Waals surface area contributed by atoms with Crippen LogP contribution >= 0.6 is 15.9 Å². The zero-order valence-corrected chi connectivity index (χ0v) is 12.1. The third-order valence-electron chi connectivity index (χ3n) is 2.69. The number of amides is 1. The highest BCUT2D eigenvalue weighted by Gasteiger charge is 2.20. The Morgan fingerprint density at radius 3 is 2.67 bits per heavy atom. The molecule has 2 aromatic rings. The molecule has 8 heteroatoms. The summed E-state index contributed by atoms with van der Waals surface area (Å²) in [4.78, 5) is 22.1. The van der Waals surface area contributed by atoms with Crippen LogP contribution in [0.2, 0.25) is 0 Å². The van der Waals surface area contributed by atoms with Gasteiger partial charge in [-0.15, -0.1) is 0 Å². The first kappa shape index (κ1) is 14.9. The first-order valence-electron chi connectivity index (χ1n) is 5.69. The smallest absolute Gasteiger partial charge is 0.295 e. The Kier molecular flexibility index (Phi) is 4.18. The lowest BCUT2D eigenvalue weighted by molar-refractivity contribution is -0.384. The average Bonchev–Trinajstić information content (AvgIpc) is 2.43. The molecule has 0 aromatic heterocycles. The minimum absolute atomic E-state index is 0.189. The molecule has 108 valence electrons. The molecule has 2 rings (SSSR count). The van der Waals surface area contributed by atoms with E-state index in [9.17, 15) is 19.3 Å². The number of nitro benzene ring substituents is 1. The summed E-state index contributed by atoms with van der Waals surface area (Å²) in [6.07, 6.45) is 0. The summed E-state index contributed by atoms with van der Waals surface area (Å²) in [5, 5.41) is 13.1. The first-order chi connectivity index (χ1) is 9.90. The van der Waals surface area contributed by atoms with Gasteiger partial charge in [-0.1, -0.05) is 6.07 Å². The third kappa shape index (κ3) is 3.16. The van der Waals surface area contributed by atoms with E-state index in [0.717, 1.165) is 12.1 Å². The number of para-hydroxylation sites is 1. The van der Waals surface area contributed by atoms with Crippen LogP contribution in [-0.2, 0) is 0 Å². The SMILES string of the molecule is Nc1ccc(C(=O)Nc2c(F)cccc2[N+](=O)[O-])cc1Br. The molecule has 0 heterocycles. The van der Waals surface area contributed by atoms with Crippen LogP contribution in [0.5, 0.6) is 0 Å². The number of benzene rings is 2. The number of hydrogen-bond donors (Lipinski definition) is 2. The highest BCUT2D eigenvalue weighted by atomic mass is 79.9. The van der Waals surface area contributed by atoms with Crippen LogP contribution in [0, 0.1) is 15.9 Å². The predicted octanol–water partition coefficient (Wildman–Crippen LogP) is 3.33. The first-order valence-corrected chi connectivity index (χ1v) is 6.48. The number of carbonyl (C=O) groups is 1. The molecule has 3 N–H and O–H groups in total. The zero-order chi connectivity index (χ0) is 15.6. The number of nitrogen functional groups attached to an aromatic ring is 1. The Bertz CT molecular complexity index is 737. The normalized spacial score (nSPS) is 10.2. The summed E-state index contributed by atoms with van der Waals surface area (Å²) in [6.45, 7) is 0. The van der Waals surface area contributed by atoms with Gasteiger partial charge in [-0.05, 0) is 40.2 Å². The van der Waals surface area contributed by atoms with Crippen molar-refractivity contribution in [3.8, 4) is 0 Å². The van der Waals surface area contributed by atoms with Gasteiger partial charge in [0.05, 0.1) is 4.92 Å². The van der Waals surface area contributed by atoms with Crippen molar-refractivity contribution >= 4 is 38.9 Å². The molecule has 0 aliphatic heterocycles. The Morgan fingerprint density at radius 1 is 1.33 bits per heavy atom. The van der Waals surface area contributed by atoms with Gasteiger partial charge in [0.25, 0.3) is 11.6 Å². The molecule has 0 aliphatic carbocycles. The quantitative estimate of drug-likeness (QED) is 0.502. The second-order valence-electron chi connectivity index (χ2n) is 4.08. The molecule has 0 aliphatic rings. The van der Waals surface area contributed by atoms with Crippen molar-refractivity contribution in [2.45, 2.75) is 0 Å². The second-order valence-corrected chi connectivity index (χ2v) is 4.94. The number of rotatable bonds is 3. The maximum absolute atomic E-state index is 13.7. The topological polar surface area (TPSA) is 98.3 Å². The highest BCUT2D eigenvalue weighted by molar-refractivity contribution is 9.10. The van der Waals surface area contributed by atoms with Crippen LogP contribution in [0.3, 0.4) is 0 Å². The van der Waals surface area contributed by atoms with E-state index in [2.05, 4.69) is 21.2 Å². The molecule has 0 bridgehead atoms. The van der Waals surface area contributed by atoms with Gasteiger partial charge in [0.2, 0.25) is 0 Å². The standard InChI is InChI=1S/C13H9BrFN3O3/c14-8-6-7(4-5-10(8)16)13(19)17-12-9(15)2-1-3-11(12)18(20)21/h1-6H,16H2,(H,17,19). The van der Waals surface area contributed by atoms with Crippen molar-refractivity contribution in [3.63, 3.8) is 0 Å². The Balaban J connectivity index is 2.36. The monoisotopic (exact) mass is 353 g/mol. The molecule has 0 saturated carbocycles. The van der Waals surface area contributed by atoms with Crippen molar-refractivity contribution in [3.05, 3.63) is 62.4 Å². The van der Waals surface area contributed by atoms with E-state index >= 15 is 0 Å². The number of nitrogens with two attached hydrogens (primary N) is 1. The summed E-state index contributed by atoms with van der Waals surface area (Å²) < 4.78 is 14.2. The molecule has 0 radical (unpaired) electrons. The number of nitrogens with zero attached hydrogens (tertiary/aromatic N) is 1. The van der Waals surface area contributed by atoms with Gasteiger partial charge < -0.3 is 11.1 Å². The number of nitro groups is 1. The van der Waals surface area contributed by atoms with Gasteiger partial charge in [-0.2, -0.15) is 0 Å². The molecule has 0 spiro atoms. The largest absolute Gasteiger partial charge is 0.398 e. The van der Waals surface area contributed by atoms with Gasteiger partial charge in [0.15, 0.2) is 11.5 Å². The molecular weight excluding hydrogens is 345 g/mol. The Hall–Kier alpha value is -2.48. The van der Waals surface area contributed by atoms with Gasteiger partial charge >= 0.3 is 0 Å². The summed E-state index contributed by atoms with van der Waals surface area (Å²) in [6, 6.07) is 7.70. The third-order valence-corrected chi connectivity index (χ3v) is 3.38. The zero-order valence-electron chi connectivity index (χ0n) is 10.5. The minimum Gasteiger partial charge on any atom is -0.398 e. The Labute approximate surface area is 127 Å². The molecule has 0 atom stereocenters. The molecule has 0 fully saturated rings. The molecule has 0 unspecified atom stereocenters. The van der Waals surface area contributed by atoms with Crippen LogP contribution in [0.15, 0.2) is 40.9 Å². The molecule has 2 aromatic carbocycles. The Morgan fingerprint density at radius 2 is 2.05 bits per heavy atom. The number of anilines is 2.